The van der Waals surface area contributed by atoms with Crippen molar-refractivity contribution in [3.05, 3.63) is 67.9 Å². The van der Waals surface area contributed by atoms with E-state index in [0.717, 1.165) is 35.0 Å². The number of rotatable bonds is 3. The maximum Gasteiger partial charge on any atom is 0.260 e. The Morgan fingerprint density at radius 2 is 2.14 bits per heavy atom. The first-order valence-corrected chi connectivity index (χ1v) is 10.1. The van der Waals surface area contributed by atoms with E-state index in [4.69, 9.17) is 10.7 Å². The van der Waals surface area contributed by atoms with Gasteiger partial charge < -0.3 is 10.6 Å². The number of hydrogen-bond acceptors (Lipinski definition) is 5. The van der Waals surface area contributed by atoms with Crippen LogP contribution in [0.25, 0.3) is 10.9 Å². The van der Waals surface area contributed by atoms with Gasteiger partial charge in [0.1, 0.15) is 0 Å². The highest BCUT2D eigenvalue weighted by molar-refractivity contribution is 9.10. The minimum atomic E-state index is -0.176. The maximum absolute atomic E-state index is 13.0. The van der Waals surface area contributed by atoms with Gasteiger partial charge >= 0.3 is 0 Å². The average molecular weight is 438 g/mol. The van der Waals surface area contributed by atoms with Crippen LogP contribution in [0.5, 0.6) is 0 Å². The second kappa shape index (κ2) is 7.74. The lowest BCUT2D eigenvalue weighted by Gasteiger charge is -2.31. The molecular formula is C21H20BrN5O. The first-order chi connectivity index (χ1) is 13.6. The number of fused-ring (bicyclic) bond motifs is 1. The Hall–Kier alpha value is -2.69. The number of nitrogens with one attached hydrogen (secondary N) is 1. The van der Waals surface area contributed by atoms with Crippen molar-refractivity contribution in [1.29, 1.82) is 5.26 Å². The molecule has 3 aromatic rings. The summed E-state index contributed by atoms with van der Waals surface area (Å²) in [4.78, 5) is 22.7. The number of halogens is 1. The molecule has 2 heterocycles. The molecule has 1 aliphatic rings. The molecule has 0 amide bonds. The fraction of sp³-hybridized carbons (Fsp3) is 0.286. The first-order valence-electron chi connectivity index (χ1n) is 9.26. The SMILES string of the molecule is N#Cc1ccccc1Cc1c(Br)ccc2nc(N3CCC[C@@H](N)C3)[nH]c(=O)c12. The van der Waals surface area contributed by atoms with Gasteiger partial charge in [-0.15, -0.1) is 0 Å². The van der Waals surface area contributed by atoms with Crippen LogP contribution in [-0.2, 0) is 6.42 Å². The summed E-state index contributed by atoms with van der Waals surface area (Å²) >= 11 is 3.57. The highest BCUT2D eigenvalue weighted by atomic mass is 79.9. The lowest BCUT2D eigenvalue weighted by Crippen LogP contribution is -2.44. The van der Waals surface area contributed by atoms with Crippen LogP contribution in [0.2, 0.25) is 0 Å². The molecule has 3 N–H and O–H groups in total. The van der Waals surface area contributed by atoms with Crippen LogP contribution in [0.15, 0.2) is 45.7 Å². The molecule has 0 spiro atoms. The summed E-state index contributed by atoms with van der Waals surface area (Å²) in [5.74, 6) is 0.568. The molecule has 0 aliphatic carbocycles. The van der Waals surface area contributed by atoms with Gasteiger partial charge in [-0.3, -0.25) is 9.78 Å². The minimum Gasteiger partial charge on any atom is -0.341 e. The molecule has 0 radical (unpaired) electrons. The number of aromatic nitrogens is 2. The second-order valence-electron chi connectivity index (χ2n) is 7.10. The van der Waals surface area contributed by atoms with E-state index >= 15 is 0 Å². The summed E-state index contributed by atoms with van der Waals surface area (Å²) in [6.45, 7) is 1.52. The number of nitrogens with two attached hydrogens (primary N) is 1. The highest BCUT2D eigenvalue weighted by Gasteiger charge is 2.20. The molecule has 4 rings (SSSR count). The Kier molecular flexibility index (Phi) is 5.16. The Bertz CT molecular complexity index is 1130. The smallest absolute Gasteiger partial charge is 0.260 e. The third kappa shape index (κ3) is 3.53. The van der Waals surface area contributed by atoms with Crippen molar-refractivity contribution in [2.75, 3.05) is 18.0 Å². The number of hydrogen-bond donors (Lipinski definition) is 2. The van der Waals surface area contributed by atoms with Crippen molar-refractivity contribution in [3.63, 3.8) is 0 Å². The zero-order chi connectivity index (χ0) is 19.7. The summed E-state index contributed by atoms with van der Waals surface area (Å²) in [5, 5.41) is 9.93. The third-order valence-electron chi connectivity index (χ3n) is 5.17. The molecule has 0 bridgehead atoms. The lowest BCUT2D eigenvalue weighted by molar-refractivity contribution is 0.500. The van der Waals surface area contributed by atoms with Gasteiger partial charge in [0.15, 0.2) is 0 Å². The van der Waals surface area contributed by atoms with Crippen molar-refractivity contribution in [1.82, 2.24) is 9.97 Å². The predicted molar refractivity (Wildman–Crippen MR) is 113 cm³/mol. The molecule has 1 aliphatic heterocycles. The second-order valence-corrected chi connectivity index (χ2v) is 7.96. The number of H-pyrrole nitrogens is 1. The van der Waals surface area contributed by atoms with Gasteiger partial charge in [0.2, 0.25) is 5.95 Å². The molecule has 1 fully saturated rings. The molecule has 7 heteroatoms. The number of aromatic amines is 1. The molecule has 1 atom stereocenters. The van der Waals surface area contributed by atoms with Gasteiger partial charge in [-0.05, 0) is 42.2 Å². The van der Waals surface area contributed by atoms with Crippen molar-refractivity contribution >= 4 is 32.8 Å². The molecular weight excluding hydrogens is 418 g/mol. The van der Waals surface area contributed by atoms with E-state index < -0.39 is 0 Å². The van der Waals surface area contributed by atoms with E-state index in [0.29, 0.717) is 35.4 Å². The lowest BCUT2D eigenvalue weighted by atomic mass is 9.98. The largest absolute Gasteiger partial charge is 0.341 e. The summed E-state index contributed by atoms with van der Waals surface area (Å²) in [6, 6.07) is 13.5. The van der Waals surface area contributed by atoms with Crippen LogP contribution in [0.3, 0.4) is 0 Å². The number of piperidine rings is 1. The van der Waals surface area contributed by atoms with Gasteiger partial charge in [-0.2, -0.15) is 5.26 Å². The van der Waals surface area contributed by atoms with E-state index in [2.05, 4.69) is 27.0 Å². The first kappa shape index (κ1) is 18.7. The molecule has 6 nitrogen and oxygen atoms in total. The van der Waals surface area contributed by atoms with Gasteiger partial charge in [-0.25, -0.2) is 4.98 Å². The number of benzene rings is 2. The van der Waals surface area contributed by atoms with Crippen molar-refractivity contribution in [3.8, 4) is 6.07 Å². The average Bonchev–Trinajstić information content (AvgIpc) is 2.70. The Labute approximate surface area is 171 Å². The molecule has 142 valence electrons. The zero-order valence-electron chi connectivity index (χ0n) is 15.3. The van der Waals surface area contributed by atoms with Crippen LogP contribution >= 0.6 is 15.9 Å². The van der Waals surface area contributed by atoms with E-state index in [9.17, 15) is 10.1 Å². The van der Waals surface area contributed by atoms with Crippen LogP contribution in [0.4, 0.5) is 5.95 Å². The van der Waals surface area contributed by atoms with Crippen LogP contribution in [0, 0.1) is 11.3 Å². The number of anilines is 1. The summed E-state index contributed by atoms with van der Waals surface area (Å²) < 4.78 is 0.827. The Morgan fingerprint density at radius 3 is 2.93 bits per heavy atom. The van der Waals surface area contributed by atoms with Gasteiger partial charge in [0, 0.05) is 30.0 Å². The highest BCUT2D eigenvalue weighted by Crippen LogP contribution is 2.28. The molecule has 0 saturated carbocycles. The van der Waals surface area contributed by atoms with Crippen molar-refractivity contribution < 1.29 is 0 Å². The maximum atomic E-state index is 13.0. The topological polar surface area (TPSA) is 98.8 Å². The number of nitrogens with zero attached hydrogens (tertiary/aromatic N) is 3. The van der Waals surface area contributed by atoms with Crippen molar-refractivity contribution in [2.45, 2.75) is 25.3 Å². The zero-order valence-corrected chi connectivity index (χ0v) is 16.9. The Morgan fingerprint density at radius 1 is 1.32 bits per heavy atom. The van der Waals surface area contributed by atoms with Crippen LogP contribution < -0.4 is 16.2 Å². The molecule has 2 aromatic carbocycles. The van der Waals surface area contributed by atoms with Crippen molar-refractivity contribution in [2.24, 2.45) is 5.73 Å². The normalized spacial score (nSPS) is 16.9. The van der Waals surface area contributed by atoms with E-state index in [1.165, 1.54) is 0 Å². The Balaban J connectivity index is 1.81. The number of nitriles is 1. The fourth-order valence-corrected chi connectivity index (χ4v) is 4.23. The summed E-state index contributed by atoms with van der Waals surface area (Å²) in [6.07, 6.45) is 2.45. The van der Waals surface area contributed by atoms with E-state index in [1.54, 1.807) is 6.07 Å². The summed E-state index contributed by atoms with van der Waals surface area (Å²) in [5.41, 5.74) is 8.86. The monoisotopic (exact) mass is 437 g/mol. The van der Waals surface area contributed by atoms with Gasteiger partial charge in [0.25, 0.3) is 5.56 Å². The molecule has 0 unspecified atom stereocenters. The molecule has 1 saturated heterocycles. The molecule has 1 aromatic heterocycles. The van der Waals surface area contributed by atoms with Crippen LogP contribution in [-0.4, -0.2) is 29.1 Å². The van der Waals surface area contributed by atoms with E-state index in [-0.39, 0.29) is 11.6 Å². The predicted octanol–water partition coefficient (Wildman–Crippen LogP) is 3.08. The van der Waals surface area contributed by atoms with Crippen LogP contribution in [0.1, 0.15) is 29.5 Å². The van der Waals surface area contributed by atoms with Gasteiger partial charge in [0.05, 0.1) is 22.5 Å². The van der Waals surface area contributed by atoms with E-state index in [1.807, 2.05) is 35.2 Å². The standard InChI is InChI=1S/C21H20BrN5O/c22-17-7-8-18-19(16(17)10-13-4-1-2-5-14(13)11-23)20(28)26-21(25-18)27-9-3-6-15(24)12-27/h1-2,4-5,7-8,15H,3,6,9-10,12,24H2,(H,25,26,28)/t15-/m1/s1. The quantitative estimate of drug-likeness (QED) is 0.655. The van der Waals surface area contributed by atoms with Gasteiger partial charge in [-0.1, -0.05) is 34.1 Å². The third-order valence-corrected chi connectivity index (χ3v) is 5.92. The fourth-order valence-electron chi connectivity index (χ4n) is 3.76. The minimum absolute atomic E-state index is 0.0951. The molecule has 28 heavy (non-hydrogen) atoms. The summed E-state index contributed by atoms with van der Waals surface area (Å²) in [7, 11) is 0.